The van der Waals surface area contributed by atoms with E-state index in [9.17, 15) is 14.4 Å². The van der Waals surface area contributed by atoms with E-state index < -0.39 is 23.4 Å². The highest BCUT2D eigenvalue weighted by Gasteiger charge is 2.49. The third kappa shape index (κ3) is 3.24. The third-order valence-electron chi connectivity index (χ3n) is 6.28. The normalized spacial score (nSPS) is 18.9. The van der Waals surface area contributed by atoms with Gasteiger partial charge in [-0.15, -0.1) is 0 Å². The molecule has 1 heterocycles. The summed E-state index contributed by atoms with van der Waals surface area (Å²) in [5.41, 5.74) is 5.99. The Morgan fingerprint density at radius 1 is 1.00 bits per heavy atom. The molecule has 6 heteroatoms. The Morgan fingerprint density at radius 2 is 1.72 bits per heavy atom. The number of benzene rings is 3. The lowest BCUT2D eigenvalue weighted by Crippen LogP contribution is -2.42. The van der Waals surface area contributed by atoms with Crippen molar-refractivity contribution in [3.8, 4) is 11.1 Å². The molecular weight excluding hydrogens is 402 g/mol. The lowest BCUT2D eigenvalue weighted by molar-refractivity contribution is -0.133. The largest absolute Gasteiger partial charge is 0.325 e. The lowest BCUT2D eigenvalue weighted by atomic mass is 9.91. The first kappa shape index (κ1) is 20.0. The maximum Gasteiger partial charge on any atom is 0.325 e. The number of rotatable bonds is 4. The van der Waals surface area contributed by atoms with Crippen LogP contribution >= 0.6 is 0 Å². The minimum atomic E-state index is -1.19. The SMILES string of the molecule is Cc1ccc(C2(C)NC(=O)N(CC(=O)Nc3ccc4c(c3)Cc3ccccc3-4)C2=O)cc1. The number of carbonyl (C=O) groups is 3. The van der Waals surface area contributed by atoms with Crippen molar-refractivity contribution in [3.63, 3.8) is 0 Å². The van der Waals surface area contributed by atoms with Crippen LogP contribution in [0.25, 0.3) is 11.1 Å². The lowest BCUT2D eigenvalue weighted by Gasteiger charge is -2.22. The van der Waals surface area contributed by atoms with E-state index in [1.54, 1.807) is 6.92 Å². The predicted octanol–water partition coefficient (Wildman–Crippen LogP) is 3.97. The third-order valence-corrected chi connectivity index (χ3v) is 6.28. The molecular formula is C26H23N3O3. The van der Waals surface area contributed by atoms with Crippen LogP contribution in [0.15, 0.2) is 66.7 Å². The van der Waals surface area contributed by atoms with Gasteiger partial charge in [-0.2, -0.15) is 0 Å². The molecule has 4 amide bonds. The Labute approximate surface area is 186 Å². The van der Waals surface area contributed by atoms with Gasteiger partial charge in [-0.1, -0.05) is 60.2 Å². The number of hydrogen-bond acceptors (Lipinski definition) is 3. The number of carbonyl (C=O) groups excluding carboxylic acids is 3. The summed E-state index contributed by atoms with van der Waals surface area (Å²) in [6.07, 6.45) is 0.817. The van der Waals surface area contributed by atoms with E-state index >= 15 is 0 Å². The molecule has 2 N–H and O–H groups in total. The summed E-state index contributed by atoms with van der Waals surface area (Å²) < 4.78 is 0. The van der Waals surface area contributed by atoms with Gasteiger partial charge in [0.25, 0.3) is 5.91 Å². The van der Waals surface area contributed by atoms with Crippen LogP contribution in [0.1, 0.15) is 29.2 Å². The number of nitrogens with one attached hydrogen (secondary N) is 2. The van der Waals surface area contributed by atoms with Crippen LogP contribution in [0.4, 0.5) is 10.5 Å². The Bertz CT molecular complexity index is 1270. The molecule has 0 saturated carbocycles. The molecule has 160 valence electrons. The first-order valence-electron chi connectivity index (χ1n) is 10.6. The van der Waals surface area contributed by atoms with E-state index in [2.05, 4.69) is 22.8 Å². The van der Waals surface area contributed by atoms with E-state index in [0.29, 0.717) is 11.3 Å². The van der Waals surface area contributed by atoms with Gasteiger partial charge >= 0.3 is 6.03 Å². The second-order valence-electron chi connectivity index (χ2n) is 8.57. The maximum absolute atomic E-state index is 13.1. The molecule has 3 aromatic rings. The molecule has 6 nitrogen and oxygen atoms in total. The molecule has 1 aliphatic heterocycles. The van der Waals surface area contributed by atoms with Gasteiger partial charge in [0, 0.05) is 5.69 Å². The summed E-state index contributed by atoms with van der Waals surface area (Å²) in [4.78, 5) is 39.2. The van der Waals surface area contributed by atoms with Gasteiger partial charge in [0.2, 0.25) is 5.91 Å². The predicted molar refractivity (Wildman–Crippen MR) is 122 cm³/mol. The molecule has 1 fully saturated rings. The van der Waals surface area contributed by atoms with Gasteiger partial charge in [-0.3, -0.25) is 14.5 Å². The molecule has 1 aliphatic carbocycles. The smallest absolute Gasteiger partial charge is 0.325 e. The summed E-state index contributed by atoms with van der Waals surface area (Å²) >= 11 is 0. The van der Waals surface area contributed by atoms with Crippen molar-refractivity contribution in [2.45, 2.75) is 25.8 Å². The zero-order valence-corrected chi connectivity index (χ0v) is 17.9. The van der Waals surface area contributed by atoms with E-state index in [4.69, 9.17) is 0 Å². The molecule has 1 atom stereocenters. The molecule has 0 spiro atoms. The zero-order chi connectivity index (χ0) is 22.5. The number of anilines is 1. The molecule has 3 aromatic carbocycles. The molecule has 0 bridgehead atoms. The monoisotopic (exact) mass is 425 g/mol. The van der Waals surface area contributed by atoms with Gasteiger partial charge in [0.15, 0.2) is 0 Å². The highest BCUT2D eigenvalue weighted by Crippen LogP contribution is 2.37. The van der Waals surface area contributed by atoms with E-state index in [1.807, 2.05) is 61.5 Å². The number of fused-ring (bicyclic) bond motifs is 3. The molecule has 1 unspecified atom stereocenters. The van der Waals surface area contributed by atoms with E-state index in [1.165, 1.54) is 16.7 Å². The van der Waals surface area contributed by atoms with Crippen LogP contribution in [0.2, 0.25) is 0 Å². The number of aryl methyl sites for hydroxylation is 1. The van der Waals surface area contributed by atoms with Crippen molar-refractivity contribution in [1.82, 2.24) is 10.2 Å². The molecule has 32 heavy (non-hydrogen) atoms. The maximum atomic E-state index is 13.1. The van der Waals surface area contributed by atoms with E-state index in [-0.39, 0.29) is 6.54 Å². The minimum absolute atomic E-state index is 0.344. The first-order valence-corrected chi connectivity index (χ1v) is 10.6. The fourth-order valence-electron chi connectivity index (χ4n) is 4.49. The van der Waals surface area contributed by atoms with Crippen LogP contribution in [0.5, 0.6) is 0 Å². The summed E-state index contributed by atoms with van der Waals surface area (Å²) in [7, 11) is 0. The fourth-order valence-corrected chi connectivity index (χ4v) is 4.49. The van der Waals surface area contributed by atoms with Crippen molar-refractivity contribution in [3.05, 3.63) is 89.0 Å². The average Bonchev–Trinajstić information content (AvgIpc) is 3.24. The Hall–Kier alpha value is -3.93. The highest BCUT2D eigenvalue weighted by molar-refractivity contribution is 6.10. The Kier molecular flexibility index (Phi) is 4.59. The van der Waals surface area contributed by atoms with Crippen molar-refractivity contribution in [1.29, 1.82) is 0 Å². The number of amides is 4. The molecule has 0 radical (unpaired) electrons. The zero-order valence-electron chi connectivity index (χ0n) is 17.9. The highest BCUT2D eigenvalue weighted by atomic mass is 16.2. The molecule has 0 aromatic heterocycles. The van der Waals surface area contributed by atoms with Crippen molar-refractivity contribution >= 4 is 23.5 Å². The van der Waals surface area contributed by atoms with Crippen LogP contribution in [-0.4, -0.2) is 29.3 Å². The average molecular weight is 425 g/mol. The first-order chi connectivity index (χ1) is 15.3. The number of nitrogens with zero attached hydrogens (tertiary/aromatic N) is 1. The Balaban J connectivity index is 1.29. The number of imide groups is 1. The van der Waals surface area contributed by atoms with Crippen molar-refractivity contribution < 1.29 is 14.4 Å². The number of hydrogen-bond donors (Lipinski definition) is 2. The molecule has 2 aliphatic rings. The molecule has 5 rings (SSSR count). The second-order valence-corrected chi connectivity index (χ2v) is 8.57. The summed E-state index contributed by atoms with van der Waals surface area (Å²) in [6, 6.07) is 20.9. The van der Waals surface area contributed by atoms with Crippen LogP contribution in [-0.2, 0) is 21.5 Å². The van der Waals surface area contributed by atoms with Gasteiger partial charge < -0.3 is 10.6 Å². The van der Waals surface area contributed by atoms with Crippen LogP contribution in [0.3, 0.4) is 0 Å². The van der Waals surface area contributed by atoms with Gasteiger partial charge in [0.05, 0.1) is 0 Å². The van der Waals surface area contributed by atoms with Gasteiger partial charge in [0.1, 0.15) is 12.1 Å². The van der Waals surface area contributed by atoms with Gasteiger partial charge in [-0.05, 0) is 60.2 Å². The summed E-state index contributed by atoms with van der Waals surface area (Å²) in [5, 5.41) is 5.56. The van der Waals surface area contributed by atoms with Crippen molar-refractivity contribution in [2.24, 2.45) is 0 Å². The van der Waals surface area contributed by atoms with E-state index in [0.717, 1.165) is 22.4 Å². The quantitative estimate of drug-likeness (QED) is 0.486. The van der Waals surface area contributed by atoms with Crippen LogP contribution in [0, 0.1) is 6.92 Å². The van der Waals surface area contributed by atoms with Crippen molar-refractivity contribution in [2.75, 3.05) is 11.9 Å². The number of urea groups is 1. The fraction of sp³-hybridized carbons (Fsp3) is 0.192. The standard InChI is InChI=1S/C26H23N3O3/c1-16-7-9-19(10-8-16)26(2)24(31)29(25(32)28-26)15-23(30)27-20-11-12-22-18(14-20)13-17-5-3-4-6-21(17)22/h3-12,14H,13,15H2,1-2H3,(H,27,30)(H,28,32). The minimum Gasteiger partial charge on any atom is -0.325 e. The van der Waals surface area contributed by atoms with Crippen LogP contribution < -0.4 is 10.6 Å². The molecule has 1 saturated heterocycles. The van der Waals surface area contributed by atoms with Gasteiger partial charge in [-0.25, -0.2) is 4.79 Å². The summed E-state index contributed by atoms with van der Waals surface area (Å²) in [5.74, 6) is -0.858. The second kappa shape index (κ2) is 7.34. The Morgan fingerprint density at radius 3 is 2.50 bits per heavy atom. The summed E-state index contributed by atoms with van der Waals surface area (Å²) in [6.45, 7) is 3.27. The topological polar surface area (TPSA) is 78.5 Å².